The Bertz CT molecular complexity index is 474. The molecule has 0 atom stereocenters. The van der Waals surface area contributed by atoms with Crippen molar-refractivity contribution in [2.75, 3.05) is 26.8 Å². The van der Waals surface area contributed by atoms with Crippen molar-refractivity contribution in [3.63, 3.8) is 0 Å². The van der Waals surface area contributed by atoms with Crippen LogP contribution in [-0.4, -0.2) is 42.6 Å². The summed E-state index contributed by atoms with van der Waals surface area (Å²) >= 11 is 10.9. The molecule has 1 aromatic rings. The number of halogens is 1. The molecule has 6 heteroatoms. The zero-order valence-corrected chi connectivity index (χ0v) is 13.3. The van der Waals surface area contributed by atoms with Crippen molar-refractivity contribution in [2.45, 2.75) is 13.3 Å². The summed E-state index contributed by atoms with van der Waals surface area (Å²) in [7, 11) is 1.60. The SMILES string of the molecule is COCCN(CCC(N)=S)C(=O)c1cc(C)cc(Cl)c1. The normalized spacial score (nSPS) is 10.3. The summed E-state index contributed by atoms with van der Waals surface area (Å²) < 4.78 is 5.03. The molecule has 1 aromatic carbocycles. The van der Waals surface area contributed by atoms with E-state index in [-0.39, 0.29) is 5.91 Å². The first-order valence-corrected chi connectivity index (χ1v) is 7.06. The Morgan fingerprint density at radius 3 is 2.65 bits per heavy atom. The fraction of sp³-hybridized carbons (Fsp3) is 0.429. The maximum atomic E-state index is 12.5. The molecule has 2 N–H and O–H groups in total. The molecule has 1 rings (SSSR count). The van der Waals surface area contributed by atoms with E-state index in [1.165, 1.54) is 0 Å². The molecule has 0 aliphatic heterocycles. The molecule has 1 amide bonds. The standard InChI is InChI=1S/C14H19ClN2O2S/c1-10-7-11(9-12(15)8-10)14(18)17(5-6-19-2)4-3-13(16)20/h7-9H,3-6H2,1-2H3,(H2,16,20). The summed E-state index contributed by atoms with van der Waals surface area (Å²) in [6, 6.07) is 5.29. The average molecular weight is 315 g/mol. The van der Waals surface area contributed by atoms with E-state index in [0.29, 0.717) is 41.7 Å². The molecule has 110 valence electrons. The van der Waals surface area contributed by atoms with Gasteiger partial charge in [-0.2, -0.15) is 0 Å². The maximum Gasteiger partial charge on any atom is 0.254 e. The molecule has 20 heavy (non-hydrogen) atoms. The maximum absolute atomic E-state index is 12.5. The first-order chi connectivity index (χ1) is 9.43. The van der Waals surface area contributed by atoms with Gasteiger partial charge in [0.2, 0.25) is 0 Å². The van der Waals surface area contributed by atoms with Crippen molar-refractivity contribution in [3.8, 4) is 0 Å². The van der Waals surface area contributed by atoms with Gasteiger partial charge in [-0.15, -0.1) is 0 Å². The van der Waals surface area contributed by atoms with Crippen LogP contribution in [-0.2, 0) is 4.74 Å². The number of amides is 1. The van der Waals surface area contributed by atoms with Crippen LogP contribution in [0.3, 0.4) is 0 Å². The van der Waals surface area contributed by atoms with E-state index in [2.05, 4.69) is 0 Å². The van der Waals surface area contributed by atoms with Crippen molar-refractivity contribution in [1.29, 1.82) is 0 Å². The predicted octanol–water partition coefficient (Wildman–Crippen LogP) is 2.41. The van der Waals surface area contributed by atoms with E-state index in [0.717, 1.165) is 5.56 Å². The van der Waals surface area contributed by atoms with Crippen molar-refractivity contribution in [3.05, 3.63) is 34.3 Å². The quantitative estimate of drug-likeness (QED) is 0.785. The molecular formula is C14H19ClN2O2S. The Labute approximate surface area is 129 Å². The van der Waals surface area contributed by atoms with Gasteiger partial charge in [0.05, 0.1) is 11.6 Å². The molecule has 0 unspecified atom stereocenters. The average Bonchev–Trinajstić information content (AvgIpc) is 2.36. The highest BCUT2D eigenvalue weighted by Crippen LogP contribution is 2.16. The molecule has 0 aliphatic rings. The number of ether oxygens (including phenoxy) is 1. The topological polar surface area (TPSA) is 55.6 Å². The second kappa shape index (κ2) is 8.19. The van der Waals surface area contributed by atoms with Crippen LogP contribution in [0.1, 0.15) is 22.3 Å². The summed E-state index contributed by atoms with van der Waals surface area (Å²) in [6.45, 7) is 3.33. The number of thiocarbonyl (C=S) groups is 1. The van der Waals surface area contributed by atoms with Crippen molar-refractivity contribution < 1.29 is 9.53 Å². The van der Waals surface area contributed by atoms with Gasteiger partial charge in [0, 0.05) is 37.2 Å². The van der Waals surface area contributed by atoms with Crippen LogP contribution < -0.4 is 5.73 Å². The minimum Gasteiger partial charge on any atom is -0.393 e. The molecule has 0 aliphatic carbocycles. The molecule has 0 aromatic heterocycles. The zero-order chi connectivity index (χ0) is 15.1. The lowest BCUT2D eigenvalue weighted by Gasteiger charge is -2.22. The second-order valence-corrected chi connectivity index (χ2v) is 5.48. The van der Waals surface area contributed by atoms with Gasteiger partial charge in [0.25, 0.3) is 5.91 Å². The zero-order valence-electron chi connectivity index (χ0n) is 11.7. The Morgan fingerprint density at radius 1 is 1.40 bits per heavy atom. The molecule has 4 nitrogen and oxygen atoms in total. The predicted molar refractivity (Wildman–Crippen MR) is 85.4 cm³/mol. The summed E-state index contributed by atoms with van der Waals surface area (Å²) in [5, 5.41) is 0.550. The highest BCUT2D eigenvalue weighted by atomic mass is 35.5. The monoisotopic (exact) mass is 314 g/mol. The summed E-state index contributed by atoms with van der Waals surface area (Å²) in [5.74, 6) is -0.0936. The Morgan fingerprint density at radius 2 is 2.10 bits per heavy atom. The minimum atomic E-state index is -0.0936. The first-order valence-electron chi connectivity index (χ1n) is 6.27. The van der Waals surface area contributed by atoms with Gasteiger partial charge in [-0.05, 0) is 30.7 Å². The number of nitrogens with two attached hydrogens (primary N) is 1. The lowest BCUT2D eigenvalue weighted by atomic mass is 10.1. The Balaban J connectivity index is 2.87. The van der Waals surface area contributed by atoms with Crippen LogP contribution in [0.25, 0.3) is 0 Å². The van der Waals surface area contributed by atoms with Crippen molar-refractivity contribution >= 4 is 34.7 Å². The van der Waals surface area contributed by atoms with Crippen molar-refractivity contribution in [1.82, 2.24) is 4.90 Å². The largest absolute Gasteiger partial charge is 0.393 e. The Kier molecular flexibility index (Phi) is 6.91. The fourth-order valence-corrected chi connectivity index (χ4v) is 2.18. The van der Waals surface area contributed by atoms with E-state index in [1.54, 1.807) is 18.1 Å². The lowest BCUT2D eigenvalue weighted by molar-refractivity contribution is 0.0701. The number of benzene rings is 1. The summed E-state index contributed by atoms with van der Waals surface area (Å²) in [6.07, 6.45) is 0.490. The molecule has 0 saturated heterocycles. The van der Waals surface area contributed by atoms with Gasteiger partial charge in [-0.1, -0.05) is 23.8 Å². The van der Waals surface area contributed by atoms with Crippen molar-refractivity contribution in [2.24, 2.45) is 5.73 Å². The third-order valence-corrected chi connectivity index (χ3v) is 3.19. The van der Waals surface area contributed by atoms with Crippen LogP contribution in [0.2, 0.25) is 5.02 Å². The van der Waals surface area contributed by atoms with Gasteiger partial charge in [-0.3, -0.25) is 4.79 Å². The molecule has 0 heterocycles. The van der Waals surface area contributed by atoms with Gasteiger partial charge >= 0.3 is 0 Å². The lowest BCUT2D eigenvalue weighted by Crippen LogP contribution is -2.36. The van der Waals surface area contributed by atoms with Gasteiger partial charge in [-0.25, -0.2) is 0 Å². The van der Waals surface area contributed by atoms with E-state index in [4.69, 9.17) is 34.3 Å². The number of carbonyl (C=O) groups excluding carboxylic acids is 1. The van der Waals surface area contributed by atoms with Crippen LogP contribution >= 0.6 is 23.8 Å². The second-order valence-electron chi connectivity index (χ2n) is 4.52. The highest BCUT2D eigenvalue weighted by molar-refractivity contribution is 7.80. The molecule has 0 spiro atoms. The number of aryl methyl sites for hydroxylation is 1. The highest BCUT2D eigenvalue weighted by Gasteiger charge is 2.16. The van der Waals surface area contributed by atoms with E-state index < -0.39 is 0 Å². The third kappa shape index (κ3) is 5.45. The van der Waals surface area contributed by atoms with Gasteiger partial charge in [0.15, 0.2) is 0 Å². The smallest absolute Gasteiger partial charge is 0.254 e. The molecule has 0 bridgehead atoms. The summed E-state index contributed by atoms with van der Waals surface area (Å²) in [4.78, 5) is 14.6. The van der Waals surface area contributed by atoms with Crippen LogP contribution in [0.5, 0.6) is 0 Å². The molecule has 0 saturated carbocycles. The van der Waals surface area contributed by atoms with Crippen LogP contribution in [0.4, 0.5) is 0 Å². The van der Waals surface area contributed by atoms with Crippen LogP contribution in [0.15, 0.2) is 18.2 Å². The van der Waals surface area contributed by atoms with Gasteiger partial charge in [0.1, 0.15) is 0 Å². The number of hydrogen-bond donors (Lipinski definition) is 1. The number of carbonyl (C=O) groups is 1. The number of rotatable bonds is 7. The third-order valence-electron chi connectivity index (χ3n) is 2.77. The van der Waals surface area contributed by atoms with E-state index in [9.17, 15) is 4.79 Å². The van der Waals surface area contributed by atoms with Gasteiger partial charge < -0.3 is 15.4 Å². The van der Waals surface area contributed by atoms with E-state index >= 15 is 0 Å². The summed E-state index contributed by atoms with van der Waals surface area (Å²) in [5.41, 5.74) is 7.01. The molecular weight excluding hydrogens is 296 g/mol. The Hall–Kier alpha value is -1.17. The van der Waals surface area contributed by atoms with Crippen LogP contribution in [0, 0.1) is 6.92 Å². The number of hydrogen-bond acceptors (Lipinski definition) is 3. The van der Waals surface area contributed by atoms with E-state index in [1.807, 2.05) is 19.1 Å². The number of nitrogens with zero attached hydrogens (tertiary/aromatic N) is 1. The molecule has 0 fully saturated rings. The minimum absolute atomic E-state index is 0.0936. The first kappa shape index (κ1) is 16.9. The molecule has 0 radical (unpaired) electrons. The fourth-order valence-electron chi connectivity index (χ4n) is 1.80. The number of methoxy groups -OCH3 is 1.